The summed E-state index contributed by atoms with van der Waals surface area (Å²) in [7, 11) is 0. The minimum atomic E-state index is -2.85. The van der Waals surface area contributed by atoms with E-state index in [4.69, 9.17) is 22.1 Å². The van der Waals surface area contributed by atoms with Crippen LogP contribution in [0.3, 0.4) is 0 Å². The largest absolute Gasteiger partial charge is 0.390 e. The lowest BCUT2D eigenvalue weighted by molar-refractivity contribution is -0.207. The zero-order chi connectivity index (χ0) is 14.4. The van der Waals surface area contributed by atoms with Gasteiger partial charge < -0.3 is 20.1 Å². The van der Waals surface area contributed by atoms with E-state index in [0.717, 1.165) is 11.5 Å². The number of ether oxygens (including phenoxy) is 1. The van der Waals surface area contributed by atoms with Crippen molar-refractivity contribution in [2.75, 3.05) is 6.61 Å². The molecule has 4 atom stereocenters. The molecular formula is C10H13FN2O5S. The van der Waals surface area contributed by atoms with E-state index in [1.165, 1.54) is 12.3 Å². The number of H-pyrrole nitrogens is 1. The Labute approximate surface area is 111 Å². The van der Waals surface area contributed by atoms with Crippen LogP contribution < -0.4 is 5.69 Å². The monoisotopic (exact) mass is 292 g/mol. The van der Waals surface area contributed by atoms with E-state index in [1.807, 2.05) is 0 Å². The van der Waals surface area contributed by atoms with Crippen LogP contribution in [-0.2, 0) is 4.74 Å². The molecule has 0 saturated carbocycles. The molecule has 2 rings (SSSR count). The summed E-state index contributed by atoms with van der Waals surface area (Å²) in [6, 6.07) is 1.35. The molecule has 0 bridgehead atoms. The van der Waals surface area contributed by atoms with Gasteiger partial charge in [-0.1, -0.05) is 12.2 Å². The van der Waals surface area contributed by atoms with Gasteiger partial charge in [-0.3, -0.25) is 9.55 Å². The van der Waals surface area contributed by atoms with E-state index in [0.29, 0.717) is 0 Å². The third-order valence-corrected chi connectivity index (χ3v) is 3.33. The Kier molecular flexibility index (Phi) is 3.35. The first kappa shape index (κ1) is 14.3. The highest BCUT2D eigenvalue weighted by atomic mass is 32.1. The second kappa shape index (κ2) is 4.46. The number of hydrogen-bond acceptors (Lipinski definition) is 6. The summed E-state index contributed by atoms with van der Waals surface area (Å²) in [5, 5.41) is 28.7. The number of aromatic amines is 1. The molecule has 4 N–H and O–H groups in total. The Bertz CT molecular complexity index is 600. The molecule has 1 aromatic heterocycles. The lowest BCUT2D eigenvalue weighted by atomic mass is 9.95. The highest BCUT2D eigenvalue weighted by Crippen LogP contribution is 2.44. The minimum Gasteiger partial charge on any atom is -0.390 e. The number of nitrogens with zero attached hydrogens (tertiary/aromatic N) is 1. The van der Waals surface area contributed by atoms with Crippen molar-refractivity contribution in [2.45, 2.75) is 30.7 Å². The van der Waals surface area contributed by atoms with E-state index in [9.17, 15) is 19.4 Å². The molecule has 1 saturated heterocycles. The Morgan fingerprint density at radius 1 is 1.68 bits per heavy atom. The summed E-state index contributed by atoms with van der Waals surface area (Å²) in [4.78, 5) is 14.0. The molecule has 0 spiro atoms. The summed E-state index contributed by atoms with van der Waals surface area (Å²) in [6.07, 6.45) is -2.31. The average molecular weight is 292 g/mol. The Hall–Kier alpha value is -1.13. The number of rotatable bonds is 2. The van der Waals surface area contributed by atoms with Gasteiger partial charge in [-0.2, -0.15) is 0 Å². The molecule has 9 heteroatoms. The molecular weight excluding hydrogens is 279 g/mol. The van der Waals surface area contributed by atoms with Crippen LogP contribution in [0.4, 0.5) is 4.39 Å². The van der Waals surface area contributed by atoms with Crippen LogP contribution >= 0.6 is 12.2 Å². The quantitative estimate of drug-likeness (QED) is 0.532. The predicted octanol–water partition coefficient (Wildman–Crippen LogP) is -0.795. The van der Waals surface area contributed by atoms with E-state index in [1.54, 1.807) is 0 Å². The van der Waals surface area contributed by atoms with Crippen molar-refractivity contribution in [1.29, 1.82) is 0 Å². The predicted molar refractivity (Wildman–Crippen MR) is 63.6 cm³/mol. The summed E-state index contributed by atoms with van der Waals surface area (Å²) in [5.41, 5.74) is -2.83. The standard InChI is InChI=1S/C10H13FN2O5S/c1-9(17)6(15)10(11,4-14)18-7(9)13-3-2-5(19)12-8(13)16/h2-3,6-7,14-15,17H,4H2,1H3,(H,12,16,19)/t6-,7-,9?,10-/m1/s1. The lowest BCUT2D eigenvalue weighted by Crippen LogP contribution is -2.49. The molecule has 0 aliphatic carbocycles. The van der Waals surface area contributed by atoms with Gasteiger partial charge in [0.05, 0.1) is 0 Å². The lowest BCUT2D eigenvalue weighted by Gasteiger charge is -2.27. The van der Waals surface area contributed by atoms with Crippen molar-refractivity contribution in [3.63, 3.8) is 0 Å². The van der Waals surface area contributed by atoms with Crippen LogP contribution in [0.5, 0.6) is 0 Å². The molecule has 106 valence electrons. The molecule has 1 fully saturated rings. The van der Waals surface area contributed by atoms with Crippen molar-refractivity contribution in [2.24, 2.45) is 0 Å². The third kappa shape index (κ3) is 2.13. The second-order valence-corrected chi connectivity index (χ2v) is 5.00. The van der Waals surface area contributed by atoms with Gasteiger partial charge in [-0.15, -0.1) is 0 Å². The van der Waals surface area contributed by atoms with Gasteiger partial charge >= 0.3 is 5.69 Å². The number of halogens is 1. The summed E-state index contributed by atoms with van der Waals surface area (Å²) < 4.78 is 19.9. The first-order valence-corrected chi connectivity index (χ1v) is 5.82. The topological polar surface area (TPSA) is 108 Å². The maximum absolute atomic E-state index is 14.0. The second-order valence-electron chi connectivity index (χ2n) is 4.56. The highest BCUT2D eigenvalue weighted by molar-refractivity contribution is 7.71. The molecule has 0 radical (unpaired) electrons. The zero-order valence-electron chi connectivity index (χ0n) is 9.91. The van der Waals surface area contributed by atoms with E-state index in [2.05, 4.69) is 4.98 Å². The maximum atomic E-state index is 14.0. The maximum Gasteiger partial charge on any atom is 0.328 e. The van der Waals surface area contributed by atoms with Crippen LogP contribution in [0.25, 0.3) is 0 Å². The fourth-order valence-electron chi connectivity index (χ4n) is 2.01. The first-order chi connectivity index (χ1) is 8.72. The highest BCUT2D eigenvalue weighted by Gasteiger charge is 2.62. The molecule has 1 aliphatic heterocycles. The number of aliphatic hydroxyl groups excluding tert-OH is 2. The van der Waals surface area contributed by atoms with Gasteiger partial charge in [0.1, 0.15) is 23.0 Å². The summed E-state index contributed by atoms with van der Waals surface area (Å²) >= 11 is 4.75. The number of hydrogen-bond donors (Lipinski definition) is 4. The van der Waals surface area contributed by atoms with Crippen molar-refractivity contribution >= 4 is 12.2 Å². The van der Waals surface area contributed by atoms with Gasteiger partial charge in [-0.05, 0) is 13.0 Å². The van der Waals surface area contributed by atoms with E-state index < -0.39 is 36.1 Å². The number of nitrogens with one attached hydrogen (secondary N) is 1. The van der Waals surface area contributed by atoms with Crippen molar-refractivity contribution in [3.05, 3.63) is 27.4 Å². The van der Waals surface area contributed by atoms with Gasteiger partial charge in [-0.25, -0.2) is 9.18 Å². The molecule has 7 nitrogen and oxygen atoms in total. The molecule has 19 heavy (non-hydrogen) atoms. The van der Waals surface area contributed by atoms with Crippen LogP contribution in [0.2, 0.25) is 0 Å². The average Bonchev–Trinajstić information content (AvgIpc) is 2.51. The summed E-state index contributed by atoms with van der Waals surface area (Å²) in [5.74, 6) is -2.85. The number of aliphatic hydroxyl groups is 3. The van der Waals surface area contributed by atoms with Crippen LogP contribution in [-0.4, -0.2) is 49.0 Å². The molecule has 1 aliphatic rings. The van der Waals surface area contributed by atoms with Crippen molar-refractivity contribution in [1.82, 2.24) is 9.55 Å². The number of aromatic nitrogens is 2. The molecule has 1 unspecified atom stereocenters. The number of alkyl halides is 1. The smallest absolute Gasteiger partial charge is 0.328 e. The molecule has 2 heterocycles. The van der Waals surface area contributed by atoms with E-state index in [-0.39, 0.29) is 4.64 Å². The first-order valence-electron chi connectivity index (χ1n) is 5.42. The molecule has 1 aromatic rings. The minimum absolute atomic E-state index is 0.160. The van der Waals surface area contributed by atoms with Gasteiger partial charge in [0, 0.05) is 6.20 Å². The van der Waals surface area contributed by atoms with Gasteiger partial charge in [0.15, 0.2) is 6.23 Å². The Morgan fingerprint density at radius 2 is 2.32 bits per heavy atom. The Morgan fingerprint density at radius 3 is 2.79 bits per heavy atom. The normalized spacial score (nSPS) is 38.6. The fourth-order valence-corrected chi connectivity index (χ4v) is 2.16. The van der Waals surface area contributed by atoms with Crippen LogP contribution in [0.1, 0.15) is 13.2 Å². The van der Waals surface area contributed by atoms with Crippen LogP contribution in [0, 0.1) is 4.64 Å². The SMILES string of the molecule is CC1(O)[C@@H](O)[C@@](F)(CO)O[C@H]1n1ccc(=S)[nH]c1=O. The molecule has 0 aromatic carbocycles. The van der Waals surface area contributed by atoms with E-state index >= 15 is 0 Å². The van der Waals surface area contributed by atoms with Crippen LogP contribution in [0.15, 0.2) is 17.1 Å². The molecule has 0 amide bonds. The zero-order valence-corrected chi connectivity index (χ0v) is 10.7. The summed E-state index contributed by atoms with van der Waals surface area (Å²) in [6.45, 7) is -0.0498. The van der Waals surface area contributed by atoms with Crippen molar-refractivity contribution < 1.29 is 24.4 Å². The fraction of sp³-hybridized carbons (Fsp3) is 0.600. The van der Waals surface area contributed by atoms with Gasteiger partial charge in [0.25, 0.3) is 5.85 Å². The Balaban J connectivity index is 2.51. The van der Waals surface area contributed by atoms with Crippen molar-refractivity contribution in [3.8, 4) is 0 Å². The van der Waals surface area contributed by atoms with Gasteiger partial charge in [0.2, 0.25) is 0 Å². The third-order valence-electron chi connectivity index (χ3n) is 3.09.